The average Bonchev–Trinajstić information content (AvgIpc) is 2.82. The van der Waals surface area contributed by atoms with E-state index in [2.05, 4.69) is 19.1 Å². The van der Waals surface area contributed by atoms with Crippen molar-refractivity contribution in [3.8, 4) is 0 Å². The number of quaternary nitrogens is 1. The summed E-state index contributed by atoms with van der Waals surface area (Å²) in [6.07, 6.45) is 16.6. The molecule has 0 aliphatic heterocycles. The molecule has 0 rings (SSSR count). The molecule has 0 saturated carbocycles. The predicted octanol–water partition coefficient (Wildman–Crippen LogP) is 5.73. The van der Waals surface area contributed by atoms with Gasteiger partial charge in [-0.15, -0.1) is 0 Å². The fourth-order valence-corrected chi connectivity index (χ4v) is 4.67. The van der Waals surface area contributed by atoms with Crippen LogP contribution in [0, 0.1) is 0 Å². The van der Waals surface area contributed by atoms with Gasteiger partial charge in [-0.1, -0.05) is 70.4 Å². The van der Waals surface area contributed by atoms with Gasteiger partial charge in [0, 0.05) is 6.42 Å². The average molecular weight is 565 g/mol. The van der Waals surface area contributed by atoms with Gasteiger partial charge in [-0.05, 0) is 39.0 Å². The standard InChI is InChI=1S/C28H54NO8P/c1-6-7-8-9-10-11-12-13-14-15-16-17-18-19-20-21-27(32)36-28(25(2)31)26(24-30)37-38(33,34)35-23-22-29(3,4)5/h13-14,26,28,30H,6-12,15-24H2,1-5H3/p+1/t26-,28?/m0/s1. The zero-order valence-corrected chi connectivity index (χ0v) is 25.5. The fraction of sp³-hybridized carbons (Fsp3) is 0.857. The van der Waals surface area contributed by atoms with Crippen molar-refractivity contribution in [3.05, 3.63) is 12.2 Å². The summed E-state index contributed by atoms with van der Waals surface area (Å²) in [6, 6.07) is 0. The normalized spacial score (nSPS) is 15.3. The summed E-state index contributed by atoms with van der Waals surface area (Å²) in [6.45, 7) is 3.01. The van der Waals surface area contributed by atoms with Crippen molar-refractivity contribution >= 4 is 19.6 Å². The van der Waals surface area contributed by atoms with Crippen LogP contribution >= 0.6 is 7.82 Å². The molecule has 0 amide bonds. The molecule has 0 aliphatic carbocycles. The first-order chi connectivity index (χ1) is 17.9. The van der Waals surface area contributed by atoms with Crippen molar-refractivity contribution in [2.45, 2.75) is 116 Å². The van der Waals surface area contributed by atoms with Gasteiger partial charge in [0.1, 0.15) is 19.3 Å². The Kier molecular flexibility index (Phi) is 21.1. The van der Waals surface area contributed by atoms with Gasteiger partial charge in [0.25, 0.3) is 0 Å². The number of Topliss-reactive ketones (excluding diaryl/α,β-unsaturated/α-hetero) is 1. The van der Waals surface area contributed by atoms with E-state index < -0.39 is 38.4 Å². The number of hydrogen-bond donors (Lipinski definition) is 2. The number of nitrogens with zero attached hydrogens (tertiary/aromatic N) is 1. The summed E-state index contributed by atoms with van der Waals surface area (Å²) in [5, 5.41) is 9.63. The maximum absolute atomic E-state index is 12.3. The molecule has 3 atom stereocenters. The SMILES string of the molecule is CCCCCCCCC=CCCCCCCCC(=O)OC(C(C)=O)[C@H](CO)OP(=O)(O)OCC[N+](C)(C)C. The Morgan fingerprint density at radius 1 is 0.895 bits per heavy atom. The van der Waals surface area contributed by atoms with Crippen LogP contribution in [-0.2, 0) is 27.9 Å². The predicted molar refractivity (Wildman–Crippen MR) is 151 cm³/mol. The summed E-state index contributed by atoms with van der Waals surface area (Å²) >= 11 is 0. The highest BCUT2D eigenvalue weighted by Crippen LogP contribution is 2.45. The Labute approximate surface area is 231 Å². The van der Waals surface area contributed by atoms with Gasteiger partial charge >= 0.3 is 13.8 Å². The van der Waals surface area contributed by atoms with E-state index in [1.807, 2.05) is 21.1 Å². The monoisotopic (exact) mass is 564 g/mol. The van der Waals surface area contributed by atoms with Crippen LogP contribution in [0.15, 0.2) is 12.2 Å². The zero-order chi connectivity index (χ0) is 28.9. The van der Waals surface area contributed by atoms with E-state index in [0.717, 1.165) is 38.5 Å². The molecule has 0 radical (unpaired) electrons. The molecule has 224 valence electrons. The number of phosphoric acid groups is 1. The van der Waals surface area contributed by atoms with Crippen molar-refractivity contribution in [3.63, 3.8) is 0 Å². The Morgan fingerprint density at radius 2 is 1.42 bits per heavy atom. The Balaban J connectivity index is 4.18. The number of ether oxygens (including phenoxy) is 1. The van der Waals surface area contributed by atoms with Crippen molar-refractivity contribution < 1.29 is 42.4 Å². The van der Waals surface area contributed by atoms with E-state index in [-0.39, 0.29) is 13.0 Å². The molecule has 9 nitrogen and oxygen atoms in total. The lowest BCUT2D eigenvalue weighted by molar-refractivity contribution is -0.870. The zero-order valence-electron chi connectivity index (χ0n) is 24.6. The van der Waals surface area contributed by atoms with E-state index in [9.17, 15) is 24.2 Å². The summed E-state index contributed by atoms with van der Waals surface area (Å²) < 4.78 is 27.9. The third kappa shape index (κ3) is 21.8. The van der Waals surface area contributed by atoms with Crippen LogP contribution in [-0.4, -0.2) is 79.3 Å². The summed E-state index contributed by atoms with van der Waals surface area (Å²) in [4.78, 5) is 34.3. The van der Waals surface area contributed by atoms with Crippen molar-refractivity contribution in [2.24, 2.45) is 0 Å². The molecular weight excluding hydrogens is 509 g/mol. The number of rotatable bonds is 25. The van der Waals surface area contributed by atoms with Gasteiger partial charge in [0.05, 0.1) is 27.7 Å². The van der Waals surface area contributed by atoms with Crippen molar-refractivity contribution in [1.82, 2.24) is 0 Å². The lowest BCUT2D eigenvalue weighted by Crippen LogP contribution is -2.41. The van der Waals surface area contributed by atoms with Gasteiger partial charge in [0.15, 0.2) is 11.9 Å². The topological polar surface area (TPSA) is 119 Å². The van der Waals surface area contributed by atoms with Crippen molar-refractivity contribution in [1.29, 1.82) is 0 Å². The highest BCUT2D eigenvalue weighted by molar-refractivity contribution is 7.47. The van der Waals surface area contributed by atoms with E-state index in [0.29, 0.717) is 17.4 Å². The maximum Gasteiger partial charge on any atom is 0.472 e. The number of phosphoric ester groups is 1. The largest absolute Gasteiger partial charge is 0.472 e. The number of carbonyl (C=O) groups excluding carboxylic acids is 2. The molecule has 0 aromatic carbocycles. The number of hydrogen-bond acceptors (Lipinski definition) is 7. The highest BCUT2D eigenvalue weighted by Gasteiger charge is 2.36. The number of aliphatic hydroxyl groups is 1. The van der Waals surface area contributed by atoms with Gasteiger partial charge in [-0.3, -0.25) is 18.6 Å². The minimum absolute atomic E-state index is 0.0601. The summed E-state index contributed by atoms with van der Waals surface area (Å²) in [5.74, 6) is -1.20. The van der Waals surface area contributed by atoms with Crippen LogP contribution in [0.2, 0.25) is 0 Å². The van der Waals surface area contributed by atoms with Crippen LogP contribution in [0.5, 0.6) is 0 Å². The third-order valence-corrected chi connectivity index (χ3v) is 7.15. The number of carbonyl (C=O) groups is 2. The number of aliphatic hydroxyl groups excluding tert-OH is 1. The smallest absolute Gasteiger partial charge is 0.451 e. The highest BCUT2D eigenvalue weighted by atomic mass is 31.2. The van der Waals surface area contributed by atoms with Gasteiger partial charge in [0.2, 0.25) is 0 Å². The Morgan fingerprint density at radius 3 is 1.92 bits per heavy atom. The van der Waals surface area contributed by atoms with E-state index in [4.69, 9.17) is 13.8 Å². The molecule has 0 aromatic rings. The molecule has 38 heavy (non-hydrogen) atoms. The molecule has 0 bridgehead atoms. The first kappa shape index (κ1) is 36.9. The minimum atomic E-state index is -4.56. The molecule has 0 spiro atoms. The van der Waals surface area contributed by atoms with E-state index >= 15 is 0 Å². The van der Waals surface area contributed by atoms with Gasteiger partial charge < -0.3 is 19.2 Å². The maximum atomic E-state index is 12.3. The molecule has 0 aliphatic rings. The second kappa shape index (κ2) is 21.7. The van der Waals surface area contributed by atoms with E-state index in [1.54, 1.807) is 0 Å². The first-order valence-electron chi connectivity index (χ1n) is 14.3. The number of esters is 1. The van der Waals surface area contributed by atoms with Crippen LogP contribution in [0.3, 0.4) is 0 Å². The third-order valence-electron chi connectivity index (χ3n) is 6.10. The second-order valence-electron chi connectivity index (χ2n) is 11.0. The molecular formula is C28H55NO8P+. The molecule has 10 heteroatoms. The lowest BCUT2D eigenvalue weighted by Gasteiger charge is -2.27. The number of unbranched alkanes of at least 4 members (excludes halogenated alkanes) is 11. The van der Waals surface area contributed by atoms with Gasteiger partial charge in [-0.25, -0.2) is 4.57 Å². The molecule has 2 unspecified atom stereocenters. The lowest BCUT2D eigenvalue weighted by atomic mass is 10.1. The Bertz CT molecular complexity index is 707. The van der Waals surface area contributed by atoms with Crippen LogP contribution in [0.25, 0.3) is 0 Å². The second-order valence-corrected chi connectivity index (χ2v) is 12.4. The van der Waals surface area contributed by atoms with Crippen molar-refractivity contribution in [2.75, 3.05) is 40.9 Å². The molecule has 0 aromatic heterocycles. The van der Waals surface area contributed by atoms with E-state index in [1.165, 1.54) is 45.4 Å². The quantitative estimate of drug-likeness (QED) is 0.0475. The minimum Gasteiger partial charge on any atom is -0.451 e. The first-order valence-corrected chi connectivity index (χ1v) is 15.8. The summed E-state index contributed by atoms with van der Waals surface area (Å²) in [5.41, 5.74) is 0. The van der Waals surface area contributed by atoms with Gasteiger partial charge in [-0.2, -0.15) is 0 Å². The molecule has 2 N–H and O–H groups in total. The Hall–Kier alpha value is -1.09. The number of allylic oxidation sites excluding steroid dienone is 2. The molecule has 0 saturated heterocycles. The van der Waals surface area contributed by atoms with Crippen LogP contribution in [0.1, 0.15) is 104 Å². The number of ketones is 1. The summed E-state index contributed by atoms with van der Waals surface area (Å²) in [7, 11) is 1.12. The van der Waals surface area contributed by atoms with Crippen LogP contribution < -0.4 is 0 Å². The van der Waals surface area contributed by atoms with Crippen LogP contribution in [0.4, 0.5) is 0 Å². The molecule has 0 heterocycles. The number of likely N-dealkylation sites (N-methyl/N-ethyl adjacent to an activating group) is 1. The fourth-order valence-electron chi connectivity index (χ4n) is 3.78. The molecule has 0 fully saturated rings.